The van der Waals surface area contributed by atoms with Crippen molar-refractivity contribution in [2.24, 2.45) is 11.3 Å². The van der Waals surface area contributed by atoms with Gasteiger partial charge in [0.15, 0.2) is 0 Å². The maximum Gasteiger partial charge on any atom is 0.293 e. The second kappa shape index (κ2) is 21.3. The van der Waals surface area contributed by atoms with Gasteiger partial charge >= 0.3 is 0 Å². The van der Waals surface area contributed by atoms with Gasteiger partial charge in [-0.05, 0) is 109 Å². The number of anilines is 2. The smallest absolute Gasteiger partial charge is 0.293 e. The molecule has 16 nitrogen and oxygen atoms in total. The zero-order valence-electron chi connectivity index (χ0n) is 41.8. The van der Waals surface area contributed by atoms with Gasteiger partial charge in [0.25, 0.3) is 21.6 Å². The largest absolute Gasteiger partial charge is 0.497 e. The molecule has 2 aromatic heterocycles. The second-order valence-corrected chi connectivity index (χ2v) is 22.3. The van der Waals surface area contributed by atoms with E-state index in [0.717, 1.165) is 94.8 Å². The Morgan fingerprint density at radius 1 is 0.959 bits per heavy atom. The van der Waals surface area contributed by atoms with Crippen LogP contribution in [0.15, 0.2) is 102 Å². The van der Waals surface area contributed by atoms with Crippen LogP contribution in [-0.4, -0.2) is 105 Å². The van der Waals surface area contributed by atoms with E-state index in [2.05, 4.69) is 75.3 Å². The van der Waals surface area contributed by atoms with E-state index in [0.29, 0.717) is 44.8 Å². The molecule has 390 valence electrons. The van der Waals surface area contributed by atoms with Gasteiger partial charge in [-0.1, -0.05) is 50.2 Å². The minimum atomic E-state index is -4.75. The molecule has 1 atom stereocenters. The lowest BCUT2D eigenvalue weighted by Gasteiger charge is -2.58. The molecule has 3 saturated heterocycles. The molecule has 5 heterocycles. The molecule has 3 N–H and O–H groups in total. The zero-order chi connectivity index (χ0) is 51.7. The Labute approximate surface area is 429 Å². The fraction of sp³-hybridized carbons (Fsp3) is 0.418. The number of carbonyl (C=O) groups is 1. The number of methoxy groups -OCH3 is 1. The second-order valence-electron chi connectivity index (χ2n) is 20.6. The molecule has 1 aliphatic carbocycles. The number of hydrogen-bond donors (Lipinski definition) is 3. The van der Waals surface area contributed by atoms with Crippen LogP contribution in [0.25, 0.3) is 11.0 Å². The summed E-state index contributed by atoms with van der Waals surface area (Å²) in [4.78, 5) is 39.1. The molecule has 3 aliphatic heterocycles. The first kappa shape index (κ1) is 50.8. The molecule has 74 heavy (non-hydrogen) atoms. The summed E-state index contributed by atoms with van der Waals surface area (Å²) in [5.74, 6) is -1.37. The molecular weight excluding hydrogens is 971 g/mol. The highest BCUT2D eigenvalue weighted by Gasteiger charge is 2.50. The number of nitro benzene ring substituents is 1. The summed E-state index contributed by atoms with van der Waals surface area (Å²) in [6.07, 6.45) is 7.68. The number of fused-ring (bicyclic) bond motifs is 1. The predicted octanol–water partition coefficient (Wildman–Crippen LogP) is 9.94. The lowest BCUT2D eigenvalue weighted by molar-refractivity contribution is -0.384. The van der Waals surface area contributed by atoms with E-state index in [1.54, 1.807) is 7.11 Å². The molecule has 10 rings (SSSR count). The third-order valence-electron chi connectivity index (χ3n) is 15.6. The van der Waals surface area contributed by atoms with Crippen molar-refractivity contribution in [3.8, 4) is 17.2 Å². The number of aromatic nitrogens is 2. The van der Waals surface area contributed by atoms with Crippen LogP contribution in [0.3, 0.4) is 0 Å². The number of nitrogens with one attached hydrogen (secondary N) is 3. The lowest BCUT2D eigenvalue weighted by atomic mass is 9.59. The van der Waals surface area contributed by atoms with Crippen LogP contribution in [0, 0.1) is 33.1 Å². The van der Waals surface area contributed by atoms with Gasteiger partial charge in [0.2, 0.25) is 0 Å². The van der Waals surface area contributed by atoms with Crippen molar-refractivity contribution in [1.29, 1.82) is 0 Å². The molecule has 1 spiro atoms. The van der Waals surface area contributed by atoms with Gasteiger partial charge in [-0.2, -0.15) is 0 Å². The molecular formula is C55H62F2N8O8S. The highest BCUT2D eigenvalue weighted by atomic mass is 32.2. The summed E-state index contributed by atoms with van der Waals surface area (Å²) in [7, 11) is -3.07. The quantitative estimate of drug-likeness (QED) is 0.0615. The number of nitrogens with zero attached hydrogens (tertiary/aromatic N) is 5. The van der Waals surface area contributed by atoms with Crippen LogP contribution >= 0.6 is 0 Å². The number of halogens is 2. The molecule has 1 amide bonds. The first-order valence-electron chi connectivity index (χ1n) is 25.4. The fourth-order valence-electron chi connectivity index (χ4n) is 11.4. The van der Waals surface area contributed by atoms with Gasteiger partial charge in [0.1, 0.15) is 40.2 Å². The van der Waals surface area contributed by atoms with Crippen LogP contribution in [0.4, 0.5) is 25.8 Å². The number of nitro groups is 1. The lowest BCUT2D eigenvalue weighted by Crippen LogP contribution is -2.60. The molecule has 19 heteroatoms. The average molecular weight is 1030 g/mol. The molecule has 6 aromatic rings. The number of amides is 1. The van der Waals surface area contributed by atoms with E-state index in [1.165, 1.54) is 41.1 Å². The number of piperidine rings is 1. The van der Waals surface area contributed by atoms with E-state index < -0.39 is 48.6 Å². The third-order valence-corrected chi connectivity index (χ3v) is 17.0. The number of aromatic amines is 1. The standard InChI is InChI=1S/C55H62F2N8O8S/c1-35(2)42-6-4-5-7-43(42)51-34-62(33-37-8-10-39(71-3)11-9-37)20-21-64(51)38-28-55(29-38)16-18-63(19-17-55)49-27-52(73-40-24-44-47(57)32-60-53(44)59-31-40)45(26-46(49)56)54(66)61-74(69,70)41-12-13-48(50(25-41)65(67)68)58-30-36-14-22-72-23-15-36/h4-13,24-27,31-32,35-36,38,51,58H,14-23,28-30,33-34H2,1-3H3,(H,59,60)(H,61,66)/t51-/m0/s1. The van der Waals surface area contributed by atoms with E-state index in [-0.39, 0.29) is 51.3 Å². The molecule has 0 radical (unpaired) electrons. The Morgan fingerprint density at radius 3 is 2.45 bits per heavy atom. The van der Waals surface area contributed by atoms with Crippen molar-refractivity contribution < 1.29 is 41.1 Å². The predicted molar refractivity (Wildman–Crippen MR) is 277 cm³/mol. The zero-order valence-corrected chi connectivity index (χ0v) is 42.6. The van der Waals surface area contributed by atoms with Crippen LogP contribution in [0.2, 0.25) is 0 Å². The molecule has 4 aromatic carbocycles. The topological polar surface area (TPSA) is 184 Å². The minimum absolute atomic E-state index is 0.0129. The van der Waals surface area contributed by atoms with Gasteiger partial charge in [-0.15, -0.1) is 0 Å². The Hall–Kier alpha value is -6.67. The normalized spacial score (nSPS) is 18.9. The van der Waals surface area contributed by atoms with Crippen molar-refractivity contribution in [2.75, 3.05) is 69.8 Å². The van der Waals surface area contributed by atoms with Crippen LogP contribution in [0.5, 0.6) is 17.2 Å². The number of piperazine rings is 1. The first-order chi connectivity index (χ1) is 35.7. The van der Waals surface area contributed by atoms with Gasteiger partial charge in [0, 0.05) is 89.4 Å². The van der Waals surface area contributed by atoms with Crippen LogP contribution in [0.1, 0.15) is 91.4 Å². The maximum atomic E-state index is 16.6. The monoisotopic (exact) mass is 1030 g/mol. The molecule has 0 unspecified atom stereocenters. The average Bonchev–Trinajstić information content (AvgIpc) is 3.77. The third kappa shape index (κ3) is 10.8. The van der Waals surface area contributed by atoms with Crippen molar-refractivity contribution in [3.63, 3.8) is 0 Å². The number of pyridine rings is 1. The number of H-pyrrole nitrogens is 1. The number of ether oxygens (including phenoxy) is 3. The molecule has 1 saturated carbocycles. The number of sulfonamides is 1. The highest BCUT2D eigenvalue weighted by molar-refractivity contribution is 7.90. The Balaban J connectivity index is 0.857. The van der Waals surface area contributed by atoms with Gasteiger partial charge < -0.3 is 29.4 Å². The SMILES string of the molecule is COc1ccc(CN2CCN(C3CC4(CCN(c5cc(Oc6cnc7[nH]cc(F)c7c6)c(C(=O)NS(=O)(=O)c6ccc(NCC7CCOCC7)c([N+](=O)[O-])c6)cc5F)CC4)C3)[C@H](c3ccccc3C(C)C)C2)cc1. The van der Waals surface area contributed by atoms with Crippen molar-refractivity contribution in [3.05, 3.63) is 141 Å². The first-order valence-corrected chi connectivity index (χ1v) is 26.9. The van der Waals surface area contributed by atoms with Crippen LogP contribution < -0.4 is 24.4 Å². The van der Waals surface area contributed by atoms with E-state index >= 15 is 4.39 Å². The summed E-state index contributed by atoms with van der Waals surface area (Å²) in [5, 5.41) is 15.3. The summed E-state index contributed by atoms with van der Waals surface area (Å²) in [5.41, 5.74) is 3.63. The summed E-state index contributed by atoms with van der Waals surface area (Å²) < 4.78 is 77.8. The molecule has 4 fully saturated rings. The van der Waals surface area contributed by atoms with Gasteiger partial charge in [0.05, 0.1) is 39.8 Å². The fourth-order valence-corrected chi connectivity index (χ4v) is 12.4. The Kier molecular flexibility index (Phi) is 14.6. The number of hydrogen-bond acceptors (Lipinski definition) is 13. The molecule has 0 bridgehead atoms. The Bertz CT molecular complexity index is 3130. The van der Waals surface area contributed by atoms with Gasteiger partial charge in [-0.25, -0.2) is 26.9 Å². The summed E-state index contributed by atoms with van der Waals surface area (Å²) >= 11 is 0. The van der Waals surface area contributed by atoms with Crippen molar-refractivity contribution in [2.45, 2.75) is 81.8 Å². The van der Waals surface area contributed by atoms with Gasteiger partial charge in [-0.3, -0.25) is 24.7 Å². The number of benzene rings is 4. The number of rotatable bonds is 16. The highest BCUT2D eigenvalue weighted by Crippen LogP contribution is 2.54. The van der Waals surface area contributed by atoms with E-state index in [9.17, 15) is 27.7 Å². The van der Waals surface area contributed by atoms with E-state index in [1.807, 2.05) is 21.8 Å². The van der Waals surface area contributed by atoms with Crippen LogP contribution in [-0.2, 0) is 21.3 Å². The minimum Gasteiger partial charge on any atom is -0.497 e. The maximum absolute atomic E-state index is 16.6. The summed E-state index contributed by atoms with van der Waals surface area (Å²) in [6, 6.07) is 24.7. The molecule has 4 aliphatic rings. The Morgan fingerprint density at radius 2 is 1.72 bits per heavy atom. The van der Waals surface area contributed by atoms with E-state index in [4.69, 9.17) is 14.2 Å². The van der Waals surface area contributed by atoms with Crippen molar-refractivity contribution >= 4 is 44.0 Å². The number of carbonyl (C=O) groups excluding carboxylic acids is 1. The van der Waals surface area contributed by atoms with Crippen molar-refractivity contribution in [1.82, 2.24) is 24.5 Å². The summed E-state index contributed by atoms with van der Waals surface area (Å²) in [6.45, 7) is 10.8.